The lowest BCUT2D eigenvalue weighted by molar-refractivity contribution is -0.0365. The van der Waals surface area contributed by atoms with Crippen LogP contribution < -0.4 is 4.74 Å². The van der Waals surface area contributed by atoms with Gasteiger partial charge in [-0.3, -0.25) is 4.98 Å². The molecule has 1 saturated heterocycles. The van der Waals surface area contributed by atoms with Crippen LogP contribution in [-0.2, 0) is 4.74 Å². The molecule has 0 bridgehead atoms. The normalized spacial score (nSPS) is 16.7. The molecular formula is C27H23Cl2N5O4. The fourth-order valence-electron chi connectivity index (χ4n) is 4.85. The number of ether oxygens (including phenoxy) is 2. The third-order valence-electron chi connectivity index (χ3n) is 6.67. The summed E-state index contributed by atoms with van der Waals surface area (Å²) < 4.78 is 15.9. The second-order valence-electron chi connectivity index (χ2n) is 9.18. The monoisotopic (exact) mass is 551 g/mol. The summed E-state index contributed by atoms with van der Waals surface area (Å²) in [5.74, 6) is -0.459. The van der Waals surface area contributed by atoms with Crippen LogP contribution >= 0.6 is 23.2 Å². The number of halogens is 2. The van der Waals surface area contributed by atoms with Gasteiger partial charge in [-0.15, -0.1) is 0 Å². The van der Waals surface area contributed by atoms with Crippen molar-refractivity contribution >= 4 is 45.7 Å². The maximum Gasteiger partial charge on any atom is 0.356 e. The van der Waals surface area contributed by atoms with Crippen LogP contribution in [0.25, 0.3) is 27.8 Å². The lowest BCUT2D eigenvalue weighted by atomic mass is 10.1. The van der Waals surface area contributed by atoms with Crippen molar-refractivity contribution in [2.75, 3.05) is 6.61 Å². The van der Waals surface area contributed by atoms with Crippen molar-refractivity contribution in [3.05, 3.63) is 76.4 Å². The van der Waals surface area contributed by atoms with Crippen LogP contribution in [0.4, 0.5) is 0 Å². The fraction of sp³-hybridized carbons (Fsp3) is 0.259. The summed E-state index contributed by atoms with van der Waals surface area (Å²) in [5.41, 5.74) is 3.57. The van der Waals surface area contributed by atoms with Crippen molar-refractivity contribution in [3.63, 3.8) is 0 Å². The van der Waals surface area contributed by atoms with Crippen LogP contribution in [0, 0.1) is 0 Å². The maximum atomic E-state index is 11.4. The minimum absolute atomic E-state index is 0.0220. The Hall–Kier alpha value is -3.66. The molecule has 6 rings (SSSR count). The second kappa shape index (κ2) is 9.90. The molecule has 2 atom stereocenters. The molecule has 9 nitrogen and oxygen atoms in total. The summed E-state index contributed by atoms with van der Waals surface area (Å²) in [6.45, 7) is 2.56. The number of rotatable bonds is 6. The summed E-state index contributed by atoms with van der Waals surface area (Å²) in [4.78, 5) is 19.7. The Morgan fingerprint density at radius 1 is 1.18 bits per heavy atom. The van der Waals surface area contributed by atoms with Gasteiger partial charge in [-0.25, -0.2) is 14.5 Å². The number of hydrogen-bond donors (Lipinski definition) is 1. The van der Waals surface area contributed by atoms with Gasteiger partial charge in [0.2, 0.25) is 0 Å². The van der Waals surface area contributed by atoms with Crippen LogP contribution in [0.15, 0.2) is 55.1 Å². The van der Waals surface area contributed by atoms with Crippen molar-refractivity contribution in [1.82, 2.24) is 24.1 Å². The number of imidazole rings is 1. The van der Waals surface area contributed by atoms with Crippen molar-refractivity contribution in [2.45, 2.75) is 38.5 Å². The molecule has 1 aliphatic heterocycles. The van der Waals surface area contributed by atoms with Gasteiger partial charge in [0.15, 0.2) is 11.9 Å². The first-order valence-corrected chi connectivity index (χ1v) is 13.0. The van der Waals surface area contributed by atoms with Crippen LogP contribution in [-0.4, -0.2) is 41.8 Å². The summed E-state index contributed by atoms with van der Waals surface area (Å²) >= 11 is 12.7. The number of aromatic carboxylic acids is 1. The molecule has 4 aromatic heterocycles. The minimum Gasteiger partial charge on any atom is -0.486 e. The Kier molecular flexibility index (Phi) is 6.43. The zero-order chi connectivity index (χ0) is 26.4. The highest BCUT2D eigenvalue weighted by atomic mass is 35.5. The Balaban J connectivity index is 1.45. The highest BCUT2D eigenvalue weighted by Gasteiger charge is 2.23. The van der Waals surface area contributed by atoms with E-state index in [1.807, 2.05) is 41.9 Å². The number of hydrogen-bond acceptors (Lipinski definition) is 6. The van der Waals surface area contributed by atoms with E-state index in [4.69, 9.17) is 37.8 Å². The van der Waals surface area contributed by atoms with Crippen LogP contribution in [0.2, 0.25) is 10.0 Å². The first-order valence-electron chi connectivity index (χ1n) is 12.2. The van der Waals surface area contributed by atoms with E-state index in [9.17, 15) is 9.90 Å². The van der Waals surface area contributed by atoms with Crippen molar-refractivity contribution in [3.8, 4) is 17.0 Å². The molecule has 1 N–H and O–H groups in total. The van der Waals surface area contributed by atoms with Gasteiger partial charge in [-0.2, -0.15) is 5.10 Å². The highest BCUT2D eigenvalue weighted by Crippen LogP contribution is 2.37. The number of nitrogens with zero attached hydrogens (tertiary/aromatic N) is 5. The molecule has 0 amide bonds. The topological polar surface area (TPSA) is 104 Å². The average molecular weight is 552 g/mol. The second-order valence-corrected chi connectivity index (χ2v) is 10.00. The SMILES string of the molecule is C[C@@H](Oc1ccc2c(c1)c(-c1ccn3cc(C(=O)O)nc3c1)nn2C1CCCCO1)c1c(Cl)cncc1Cl. The number of aromatic nitrogens is 5. The smallest absolute Gasteiger partial charge is 0.356 e. The first-order chi connectivity index (χ1) is 18.4. The molecule has 1 aromatic carbocycles. The van der Waals surface area contributed by atoms with E-state index < -0.39 is 12.1 Å². The Bertz CT molecular complexity index is 1660. The highest BCUT2D eigenvalue weighted by molar-refractivity contribution is 6.35. The van der Waals surface area contributed by atoms with Crippen LogP contribution in [0.3, 0.4) is 0 Å². The van der Waals surface area contributed by atoms with Gasteiger partial charge >= 0.3 is 5.97 Å². The van der Waals surface area contributed by atoms with Gasteiger partial charge in [0.25, 0.3) is 0 Å². The molecule has 11 heteroatoms. The number of fused-ring (bicyclic) bond motifs is 2. The number of benzene rings is 1. The minimum atomic E-state index is -1.08. The Labute approximate surface area is 227 Å². The lowest BCUT2D eigenvalue weighted by Gasteiger charge is -2.23. The number of carboxylic acids is 1. The van der Waals surface area contributed by atoms with Crippen molar-refractivity contribution < 1.29 is 19.4 Å². The van der Waals surface area contributed by atoms with Gasteiger partial charge in [-0.1, -0.05) is 23.2 Å². The number of carbonyl (C=O) groups is 1. The van der Waals surface area contributed by atoms with E-state index in [0.29, 0.717) is 33.6 Å². The molecular weight excluding hydrogens is 529 g/mol. The van der Waals surface area contributed by atoms with E-state index >= 15 is 0 Å². The summed E-state index contributed by atoms with van der Waals surface area (Å²) in [6.07, 6.45) is 8.70. The van der Waals surface area contributed by atoms with Gasteiger partial charge < -0.3 is 19.0 Å². The largest absolute Gasteiger partial charge is 0.486 e. The number of carboxylic acid groups (broad SMARTS) is 1. The Morgan fingerprint density at radius 2 is 2.00 bits per heavy atom. The number of pyridine rings is 2. The predicted octanol–water partition coefficient (Wildman–Crippen LogP) is 6.59. The molecule has 1 aliphatic rings. The summed E-state index contributed by atoms with van der Waals surface area (Å²) in [7, 11) is 0. The maximum absolute atomic E-state index is 11.4. The average Bonchev–Trinajstić information content (AvgIpc) is 3.50. The summed E-state index contributed by atoms with van der Waals surface area (Å²) in [6, 6.07) is 9.52. The van der Waals surface area contributed by atoms with E-state index in [0.717, 1.165) is 41.4 Å². The molecule has 38 heavy (non-hydrogen) atoms. The molecule has 0 saturated carbocycles. The van der Waals surface area contributed by atoms with Crippen LogP contribution in [0.1, 0.15) is 54.6 Å². The van der Waals surface area contributed by atoms with Gasteiger partial charge in [-0.05, 0) is 56.5 Å². The lowest BCUT2D eigenvalue weighted by Crippen LogP contribution is -2.19. The first kappa shape index (κ1) is 24.7. The fourth-order valence-corrected chi connectivity index (χ4v) is 5.52. The molecule has 5 aromatic rings. The van der Waals surface area contributed by atoms with Crippen LogP contribution in [0.5, 0.6) is 5.75 Å². The zero-order valence-electron chi connectivity index (χ0n) is 20.3. The predicted molar refractivity (Wildman–Crippen MR) is 143 cm³/mol. The molecule has 194 valence electrons. The third-order valence-corrected chi connectivity index (χ3v) is 7.27. The van der Waals surface area contributed by atoms with E-state index in [2.05, 4.69) is 9.97 Å². The van der Waals surface area contributed by atoms with E-state index in [-0.39, 0.29) is 11.9 Å². The Morgan fingerprint density at radius 3 is 2.74 bits per heavy atom. The van der Waals surface area contributed by atoms with Crippen molar-refractivity contribution in [2.24, 2.45) is 0 Å². The van der Waals surface area contributed by atoms with Crippen molar-refractivity contribution in [1.29, 1.82) is 0 Å². The van der Waals surface area contributed by atoms with E-state index in [1.54, 1.807) is 23.0 Å². The quantitative estimate of drug-likeness (QED) is 0.253. The van der Waals surface area contributed by atoms with Gasteiger partial charge in [0.1, 0.15) is 23.2 Å². The van der Waals surface area contributed by atoms with Gasteiger partial charge in [0.05, 0.1) is 15.6 Å². The zero-order valence-corrected chi connectivity index (χ0v) is 21.9. The standard InChI is InChI=1S/C27H23Cl2N5O4/c1-15(25-19(28)12-30-13-20(25)29)38-17-5-6-22-18(11-17)26(32-34(22)24-4-2-3-9-37-24)16-7-8-33-14-21(27(35)36)31-23(33)10-16/h5-8,10-15,24H,2-4,9H2,1H3,(H,35,36)/t15-,24?/m1/s1. The third kappa shape index (κ3) is 4.47. The van der Waals surface area contributed by atoms with E-state index in [1.165, 1.54) is 6.20 Å². The molecule has 0 radical (unpaired) electrons. The molecule has 5 heterocycles. The molecule has 0 aliphatic carbocycles. The molecule has 1 fully saturated rings. The summed E-state index contributed by atoms with van der Waals surface area (Å²) in [5, 5.41) is 16.0. The molecule has 0 spiro atoms. The van der Waals surface area contributed by atoms with Gasteiger partial charge in [0, 0.05) is 47.9 Å². The molecule has 1 unspecified atom stereocenters.